The second-order valence-electron chi connectivity index (χ2n) is 37.2. The molecular weight excluding hydrogens is 1920 g/mol. The average Bonchev–Trinajstić information content (AvgIpc) is 1.59. The lowest BCUT2D eigenvalue weighted by Gasteiger charge is -2.29. The van der Waals surface area contributed by atoms with Gasteiger partial charge in [-0.25, -0.2) is 32.6 Å². The van der Waals surface area contributed by atoms with Gasteiger partial charge < -0.3 is 53.0 Å². The number of rotatable bonds is 20. The lowest BCUT2D eigenvalue weighted by Crippen LogP contribution is -2.44. The highest BCUT2D eigenvalue weighted by atomic mass is 35.5. The fourth-order valence-electron chi connectivity index (χ4n) is 16.1. The molecule has 6 heterocycles. The molecule has 0 atom stereocenters. The van der Waals surface area contributed by atoms with E-state index in [-0.39, 0.29) is 80.6 Å². The molecule has 9 aromatic carbocycles. The number of carbonyl (C=O) groups excluding carboxylic acids is 5. The fourth-order valence-corrected chi connectivity index (χ4v) is 19.0. The van der Waals surface area contributed by atoms with Crippen molar-refractivity contribution in [3.05, 3.63) is 291 Å². The predicted octanol–water partition coefficient (Wildman–Crippen LogP) is 26.1. The number of halogens is 4. The number of ether oxygens (including phenoxy) is 5. The van der Waals surface area contributed by atoms with Crippen molar-refractivity contribution in [1.29, 1.82) is 0 Å². The zero-order valence-electron chi connectivity index (χ0n) is 82.7. The summed E-state index contributed by atoms with van der Waals surface area (Å²) in [6.45, 7) is 78.0. The van der Waals surface area contributed by atoms with E-state index in [4.69, 9.17) is 129 Å². The summed E-state index contributed by atoms with van der Waals surface area (Å²) in [6, 6.07) is 53.1. The number of thiocarbonyl (C=S) groups is 5. The summed E-state index contributed by atoms with van der Waals surface area (Å²) >= 11 is 34.3. The number of aromatic nitrogens is 1. The van der Waals surface area contributed by atoms with E-state index in [0.717, 1.165) is 69.5 Å². The molecule has 1 aromatic heterocycles. The average molecular weight is 2030 g/mol. The zero-order chi connectivity index (χ0) is 105. The number of benzene rings is 9. The quantitative estimate of drug-likeness (QED) is 0.0515. The third-order valence-electron chi connectivity index (χ3n) is 22.9. The molecule has 10 aromatic rings. The van der Waals surface area contributed by atoms with Crippen molar-refractivity contribution in [2.75, 3.05) is 49.0 Å². The third-order valence-corrected chi connectivity index (χ3v) is 25.1. The van der Waals surface area contributed by atoms with Crippen LogP contribution in [0.1, 0.15) is 155 Å². The third kappa shape index (κ3) is 22.1. The van der Waals surface area contributed by atoms with E-state index >= 15 is 0 Å². The van der Waals surface area contributed by atoms with E-state index in [1.807, 2.05) is 222 Å². The van der Waals surface area contributed by atoms with Gasteiger partial charge in [0.1, 0.15) is 62.7 Å². The van der Waals surface area contributed by atoms with Crippen molar-refractivity contribution in [2.24, 2.45) is 0 Å². The van der Waals surface area contributed by atoms with Crippen molar-refractivity contribution >= 4 is 213 Å². The van der Waals surface area contributed by atoms with Gasteiger partial charge in [0.05, 0.1) is 79.6 Å². The summed E-state index contributed by atoms with van der Waals surface area (Å²) in [5.74, 6) is -0.583. The highest BCUT2D eigenvalue weighted by Crippen LogP contribution is 2.47. The van der Waals surface area contributed by atoms with Crippen LogP contribution in [-0.2, 0) is 24.0 Å². The lowest BCUT2D eigenvalue weighted by atomic mass is 10.0. The lowest BCUT2D eigenvalue weighted by molar-refractivity contribution is -0.121. The molecule has 5 aliphatic heterocycles. The summed E-state index contributed by atoms with van der Waals surface area (Å²) in [7, 11) is 0. The Morgan fingerprint density at radius 2 is 0.528 bits per heavy atom. The summed E-state index contributed by atoms with van der Waals surface area (Å²) in [5.41, 5.74) is 4.66. The first kappa shape index (κ1) is 108. The summed E-state index contributed by atoms with van der Waals surface area (Å²) in [4.78, 5) is 103. The van der Waals surface area contributed by atoms with Crippen LogP contribution in [0.3, 0.4) is 0 Å². The van der Waals surface area contributed by atoms with E-state index in [1.165, 1.54) is 42.8 Å². The Labute approximate surface area is 858 Å². The van der Waals surface area contributed by atoms with E-state index < -0.39 is 57.0 Å². The molecule has 5 saturated heterocycles. The van der Waals surface area contributed by atoms with Gasteiger partial charge in [-0.1, -0.05) is 42.4 Å². The Kier molecular flexibility index (Phi) is 32.9. The molecule has 0 bridgehead atoms. The van der Waals surface area contributed by atoms with Crippen molar-refractivity contribution < 1.29 is 60.8 Å². The van der Waals surface area contributed by atoms with Crippen LogP contribution in [0.5, 0.6) is 28.7 Å². The Morgan fingerprint density at radius 3 is 0.775 bits per heavy atom. The molecule has 26 nitrogen and oxygen atoms in total. The molecular formula is C107H106ClF3N16O10S5. The first-order valence-electron chi connectivity index (χ1n) is 45.0. The summed E-state index contributed by atoms with van der Waals surface area (Å²) in [5, 5.41) is 1.79. The van der Waals surface area contributed by atoms with Crippen LogP contribution in [0.4, 0.5) is 98.6 Å². The minimum atomic E-state index is -1.18. The number of aryl methyl sites for hydroxylation is 3. The van der Waals surface area contributed by atoms with Crippen LogP contribution < -0.4 is 72.7 Å². The van der Waals surface area contributed by atoms with Crippen LogP contribution in [-0.4, -0.2) is 118 Å². The maximum absolute atomic E-state index is 14.6. The number of carbonyl (C=O) groups is 5. The number of anilines is 10. The molecule has 5 amide bonds. The number of hydrogen-bond donors (Lipinski definition) is 0. The molecule has 0 aliphatic carbocycles. The number of nitrogens with zero attached hydrogens (tertiary/aromatic N) is 16. The zero-order valence-corrected chi connectivity index (χ0v) is 87.5. The van der Waals surface area contributed by atoms with Crippen molar-refractivity contribution in [2.45, 2.75) is 217 Å². The van der Waals surface area contributed by atoms with Gasteiger partial charge in [0.25, 0.3) is 35.4 Å². The minimum absolute atomic E-state index is 0.0561. The normalized spacial score (nSPS) is 15.9. The van der Waals surface area contributed by atoms with Crippen LogP contribution in [0.2, 0.25) is 5.02 Å². The van der Waals surface area contributed by atoms with E-state index in [1.54, 1.807) is 120 Å². The van der Waals surface area contributed by atoms with E-state index in [0.29, 0.717) is 77.8 Å². The van der Waals surface area contributed by atoms with Crippen LogP contribution in [0.15, 0.2) is 194 Å². The van der Waals surface area contributed by atoms with Crippen LogP contribution in [0.25, 0.3) is 24.2 Å². The monoisotopic (exact) mass is 2030 g/mol. The molecule has 142 heavy (non-hydrogen) atoms. The Balaban J connectivity index is 0.000000170. The van der Waals surface area contributed by atoms with Crippen LogP contribution in [0, 0.1) is 71.1 Å². The molecule has 732 valence electrons. The predicted molar refractivity (Wildman–Crippen MR) is 575 cm³/mol. The number of amides is 5. The Bertz CT molecular complexity index is 6240. The van der Waals surface area contributed by atoms with Gasteiger partial charge in [-0.15, -0.1) is 4.98 Å². The van der Waals surface area contributed by atoms with Crippen molar-refractivity contribution in [1.82, 2.24) is 4.98 Å². The maximum Gasteiger partial charge on any atom is 0.272 e. The second kappa shape index (κ2) is 43.3. The van der Waals surface area contributed by atoms with E-state index in [2.05, 4.69) is 29.2 Å². The molecule has 5 fully saturated rings. The first-order chi connectivity index (χ1) is 66.6. The second-order valence-corrected chi connectivity index (χ2v) is 39.5. The molecule has 35 heteroatoms. The van der Waals surface area contributed by atoms with Gasteiger partial charge in [0.15, 0.2) is 54.3 Å². The molecule has 0 radical (unpaired) electrons. The SMILES string of the molecule is [C-]#[N+]c1ccc(N2C(=O)C(C)(C)N(c3cc(F)c(OC(C)C)c(F)c3)C2=S)cc1C.[C-]#[N+]c1ccc(N2C(=O)C(C)(C)N(c3ccc(OC(C)C)cc3)C2=S)cc1C.[C-]#[N+]c1ccc(N2C(=O)C(C)(C)N(c3ccc(OC(C)C)cc3)C2=S)cc1Cl.[C-]#[N+]c1ccc(N2C(=O)C(C)(C)N(c3ccc(OC(C)C)cc3)C2=S)cc1F.[C-]#[N+]c1ncc(N2C(=O)C(C)(C)N(c3ccc(OC(C)C)cc3)C2=S)cc1C. The van der Waals surface area contributed by atoms with Gasteiger partial charge in [-0.3, -0.25) is 48.5 Å². The Hall–Kier alpha value is -14.5. The van der Waals surface area contributed by atoms with Gasteiger partial charge in [0, 0.05) is 51.3 Å². The van der Waals surface area contributed by atoms with Crippen LogP contribution >= 0.6 is 72.7 Å². The van der Waals surface area contributed by atoms with Crippen molar-refractivity contribution in [3.8, 4) is 28.7 Å². The topological polar surface area (TPSA) is 199 Å². The Morgan fingerprint density at radius 1 is 0.296 bits per heavy atom. The molecule has 15 rings (SSSR count). The largest absolute Gasteiger partial charge is 0.491 e. The number of hydrogen-bond acceptors (Lipinski definition) is 16. The maximum atomic E-state index is 14.6. The van der Waals surface area contributed by atoms with Gasteiger partial charge in [0.2, 0.25) is 11.4 Å². The minimum Gasteiger partial charge on any atom is -0.491 e. The fraction of sp³-hybridized carbons (Fsp3) is 0.308. The first-order valence-corrected chi connectivity index (χ1v) is 47.4. The molecule has 0 N–H and O–H groups in total. The summed E-state index contributed by atoms with van der Waals surface area (Å²) in [6.07, 6.45) is 1.43. The molecule has 0 unspecified atom stereocenters. The highest BCUT2D eigenvalue weighted by Gasteiger charge is 2.56. The van der Waals surface area contributed by atoms with Gasteiger partial charge in [-0.05, 0) is 389 Å². The van der Waals surface area contributed by atoms with Gasteiger partial charge >= 0.3 is 0 Å². The standard InChI is InChI=1S/C22H21F2N3O2S.C22H23N3O2S.C21H20ClN3O2S.C21H20FN3O2S.C21H22N4O2S/c1-12(2)29-19-16(23)10-15(11-17(19)24)27-21(30)26(20(28)22(27,4)5)14-7-8-18(25-6)13(3)9-14;1-14(2)27-18-10-7-16(8-11-18)25-21(28)24(20(26)22(25,4)5)17-9-12-19(23-6)15(3)13-17;2*1-13(2)27-16-9-6-14(7-10-16)25-20(28)24(19(26)21(25,3)4)15-8-11-18(23-5)17(22)12-15;1-13(2)27-17-9-7-15(8-10-17)25-20(28)24(19(26)21(25,4)5)16-11-14(3)18(22-6)23-12-16/h7-12H,1-5H3;7-14H,1-5H3;2*6-13H,1-4H3;7-13H,1-5H3. The number of pyridine rings is 1. The summed E-state index contributed by atoms with van der Waals surface area (Å²) < 4.78 is 71.3. The smallest absolute Gasteiger partial charge is 0.272 e. The van der Waals surface area contributed by atoms with Gasteiger partial charge in [-0.2, -0.15) is 0 Å². The molecule has 0 saturated carbocycles. The molecule has 5 aliphatic rings. The highest BCUT2D eigenvalue weighted by molar-refractivity contribution is 7.82. The molecule has 0 spiro atoms. The van der Waals surface area contributed by atoms with E-state index in [9.17, 15) is 37.1 Å². The van der Waals surface area contributed by atoms with Crippen molar-refractivity contribution in [3.63, 3.8) is 0 Å².